The highest BCUT2D eigenvalue weighted by molar-refractivity contribution is 5.92. The van der Waals surface area contributed by atoms with E-state index in [1.807, 2.05) is 13.8 Å². The van der Waals surface area contributed by atoms with Crippen LogP contribution < -0.4 is 15.8 Å². The Morgan fingerprint density at radius 1 is 1.39 bits per heavy atom. The molecule has 1 rings (SSSR count). The van der Waals surface area contributed by atoms with Gasteiger partial charge in [-0.1, -0.05) is 6.07 Å². The fraction of sp³-hybridized carbons (Fsp3) is 0.364. The maximum Gasteiger partial charge on any atom is 0.573 e. The SMILES string of the molecule is CC(C)N=C(N)Nc1cccc(OC(F)(F)F)c1. The van der Waals surface area contributed by atoms with Crippen molar-refractivity contribution in [2.75, 3.05) is 5.32 Å². The van der Waals surface area contributed by atoms with E-state index in [-0.39, 0.29) is 17.8 Å². The van der Waals surface area contributed by atoms with Gasteiger partial charge < -0.3 is 15.8 Å². The third-order valence-corrected chi connectivity index (χ3v) is 1.74. The molecule has 0 spiro atoms. The Morgan fingerprint density at radius 2 is 2.06 bits per heavy atom. The second-order valence-electron chi connectivity index (χ2n) is 3.81. The van der Waals surface area contributed by atoms with Crippen molar-refractivity contribution >= 4 is 11.6 Å². The predicted octanol–water partition coefficient (Wildman–Crippen LogP) is 2.72. The molecule has 0 saturated carbocycles. The number of guanidine groups is 1. The molecule has 1 aromatic rings. The van der Waals surface area contributed by atoms with Crippen LogP contribution >= 0.6 is 0 Å². The molecule has 1 aromatic carbocycles. The van der Waals surface area contributed by atoms with Gasteiger partial charge in [0.15, 0.2) is 5.96 Å². The molecular formula is C11H14F3N3O. The molecule has 0 fully saturated rings. The first-order chi connectivity index (χ1) is 8.26. The van der Waals surface area contributed by atoms with E-state index < -0.39 is 6.36 Å². The lowest BCUT2D eigenvalue weighted by Gasteiger charge is -2.11. The molecule has 0 bridgehead atoms. The van der Waals surface area contributed by atoms with Gasteiger partial charge in [-0.2, -0.15) is 0 Å². The van der Waals surface area contributed by atoms with Gasteiger partial charge >= 0.3 is 6.36 Å². The summed E-state index contributed by atoms with van der Waals surface area (Å²) in [6.07, 6.45) is -4.71. The lowest BCUT2D eigenvalue weighted by atomic mass is 10.3. The molecule has 0 aromatic heterocycles. The summed E-state index contributed by atoms with van der Waals surface area (Å²) >= 11 is 0. The lowest BCUT2D eigenvalue weighted by molar-refractivity contribution is -0.274. The van der Waals surface area contributed by atoms with Gasteiger partial charge in [0.2, 0.25) is 0 Å². The number of rotatable bonds is 3. The minimum absolute atomic E-state index is 0.00731. The van der Waals surface area contributed by atoms with Crippen LogP contribution in [0.4, 0.5) is 18.9 Å². The minimum Gasteiger partial charge on any atom is -0.406 e. The standard InChI is InChI=1S/C11H14F3N3O/c1-7(2)16-10(15)17-8-4-3-5-9(6-8)18-11(12,13)14/h3-7H,1-2H3,(H3,15,16,17). The number of ether oxygens (including phenoxy) is 1. The molecule has 0 aliphatic rings. The molecule has 0 aliphatic carbocycles. The number of halogens is 3. The van der Waals surface area contributed by atoms with Gasteiger partial charge in [0.05, 0.1) is 0 Å². The van der Waals surface area contributed by atoms with Gasteiger partial charge in [0, 0.05) is 17.8 Å². The summed E-state index contributed by atoms with van der Waals surface area (Å²) < 4.78 is 39.8. The smallest absolute Gasteiger partial charge is 0.406 e. The zero-order chi connectivity index (χ0) is 13.8. The average Bonchev–Trinajstić information content (AvgIpc) is 2.13. The van der Waals surface area contributed by atoms with Crippen molar-refractivity contribution in [2.45, 2.75) is 26.3 Å². The van der Waals surface area contributed by atoms with Crippen molar-refractivity contribution in [3.05, 3.63) is 24.3 Å². The topological polar surface area (TPSA) is 59.6 Å². The van der Waals surface area contributed by atoms with Gasteiger partial charge in [-0.3, -0.25) is 4.99 Å². The summed E-state index contributed by atoms with van der Waals surface area (Å²) in [5.41, 5.74) is 5.93. The first-order valence-electron chi connectivity index (χ1n) is 5.22. The molecule has 0 unspecified atom stereocenters. The second-order valence-corrected chi connectivity index (χ2v) is 3.81. The second kappa shape index (κ2) is 5.61. The van der Waals surface area contributed by atoms with Crippen LogP contribution in [0.1, 0.15) is 13.8 Å². The summed E-state index contributed by atoms with van der Waals surface area (Å²) in [5, 5.41) is 2.68. The van der Waals surface area contributed by atoms with Crippen molar-refractivity contribution in [1.82, 2.24) is 0 Å². The number of hydrogen-bond donors (Lipinski definition) is 2. The number of alkyl halides is 3. The van der Waals surface area contributed by atoms with E-state index in [0.717, 1.165) is 0 Å². The zero-order valence-corrected chi connectivity index (χ0v) is 9.95. The Kier molecular flexibility index (Phi) is 4.41. The van der Waals surface area contributed by atoms with Crippen molar-refractivity contribution in [3.8, 4) is 5.75 Å². The summed E-state index contributed by atoms with van der Waals surface area (Å²) in [6, 6.07) is 5.37. The predicted molar refractivity (Wildman–Crippen MR) is 63.5 cm³/mol. The van der Waals surface area contributed by atoms with Crippen molar-refractivity contribution in [3.63, 3.8) is 0 Å². The van der Waals surface area contributed by atoms with Crippen LogP contribution in [0.3, 0.4) is 0 Å². The fourth-order valence-corrected chi connectivity index (χ4v) is 1.23. The third-order valence-electron chi connectivity index (χ3n) is 1.74. The maximum absolute atomic E-state index is 12.0. The van der Waals surface area contributed by atoms with Crippen LogP contribution in [0.15, 0.2) is 29.3 Å². The number of anilines is 1. The van der Waals surface area contributed by atoms with Crippen LogP contribution in [0.5, 0.6) is 5.75 Å². The number of nitrogens with zero attached hydrogens (tertiary/aromatic N) is 1. The number of hydrogen-bond acceptors (Lipinski definition) is 2. The number of nitrogens with two attached hydrogens (primary N) is 1. The van der Waals surface area contributed by atoms with Crippen LogP contribution in [-0.4, -0.2) is 18.4 Å². The van der Waals surface area contributed by atoms with E-state index in [9.17, 15) is 13.2 Å². The van der Waals surface area contributed by atoms with E-state index in [0.29, 0.717) is 5.69 Å². The van der Waals surface area contributed by atoms with E-state index in [4.69, 9.17) is 5.73 Å². The van der Waals surface area contributed by atoms with Crippen molar-refractivity contribution in [2.24, 2.45) is 10.7 Å². The molecule has 0 radical (unpaired) electrons. The minimum atomic E-state index is -4.71. The Morgan fingerprint density at radius 3 is 2.61 bits per heavy atom. The summed E-state index contributed by atoms with van der Waals surface area (Å²) in [7, 11) is 0. The summed E-state index contributed by atoms with van der Waals surface area (Å²) in [6.45, 7) is 3.66. The molecule has 0 aliphatic heterocycles. The molecule has 100 valence electrons. The third kappa shape index (κ3) is 5.42. The first kappa shape index (κ1) is 14.1. The van der Waals surface area contributed by atoms with Crippen LogP contribution in [0, 0.1) is 0 Å². The Hall–Kier alpha value is -1.92. The highest BCUT2D eigenvalue weighted by Gasteiger charge is 2.31. The quantitative estimate of drug-likeness (QED) is 0.649. The summed E-state index contributed by atoms with van der Waals surface area (Å²) in [4.78, 5) is 4.00. The van der Waals surface area contributed by atoms with Crippen LogP contribution in [-0.2, 0) is 0 Å². The number of benzene rings is 1. The van der Waals surface area contributed by atoms with E-state index in [2.05, 4.69) is 15.0 Å². The molecular weight excluding hydrogens is 247 g/mol. The van der Waals surface area contributed by atoms with E-state index in [1.54, 1.807) is 6.07 Å². The average molecular weight is 261 g/mol. The van der Waals surface area contributed by atoms with Gasteiger partial charge in [-0.25, -0.2) is 0 Å². The molecule has 0 amide bonds. The molecule has 18 heavy (non-hydrogen) atoms. The molecule has 0 atom stereocenters. The first-order valence-corrected chi connectivity index (χ1v) is 5.22. The van der Waals surface area contributed by atoms with Crippen LogP contribution in [0.25, 0.3) is 0 Å². The van der Waals surface area contributed by atoms with E-state index >= 15 is 0 Å². The fourth-order valence-electron chi connectivity index (χ4n) is 1.23. The summed E-state index contributed by atoms with van der Waals surface area (Å²) in [5.74, 6) is -0.181. The Balaban J connectivity index is 2.77. The van der Waals surface area contributed by atoms with Gasteiger partial charge in [0.1, 0.15) is 5.75 Å². The van der Waals surface area contributed by atoms with Crippen molar-refractivity contribution in [1.29, 1.82) is 0 Å². The maximum atomic E-state index is 12.0. The van der Waals surface area contributed by atoms with Gasteiger partial charge in [-0.05, 0) is 26.0 Å². The molecule has 0 saturated heterocycles. The number of aliphatic imine (C=N–C) groups is 1. The number of nitrogens with one attached hydrogen (secondary N) is 1. The molecule has 0 heterocycles. The van der Waals surface area contributed by atoms with Gasteiger partial charge in [-0.15, -0.1) is 13.2 Å². The zero-order valence-electron chi connectivity index (χ0n) is 9.95. The Bertz CT molecular complexity index is 430. The highest BCUT2D eigenvalue weighted by Crippen LogP contribution is 2.24. The van der Waals surface area contributed by atoms with Crippen molar-refractivity contribution < 1.29 is 17.9 Å². The van der Waals surface area contributed by atoms with Crippen LogP contribution in [0.2, 0.25) is 0 Å². The monoisotopic (exact) mass is 261 g/mol. The lowest BCUT2D eigenvalue weighted by Crippen LogP contribution is -2.24. The Labute approximate surface area is 103 Å². The highest BCUT2D eigenvalue weighted by atomic mass is 19.4. The molecule has 7 heteroatoms. The van der Waals surface area contributed by atoms with E-state index in [1.165, 1.54) is 18.2 Å². The largest absolute Gasteiger partial charge is 0.573 e. The normalized spacial score (nSPS) is 12.7. The molecule has 3 N–H and O–H groups in total. The van der Waals surface area contributed by atoms with Gasteiger partial charge in [0.25, 0.3) is 0 Å². The molecule has 4 nitrogen and oxygen atoms in total.